The monoisotopic (exact) mass is 392 g/mol. The molecule has 0 bridgehead atoms. The molecule has 0 heterocycles. The Morgan fingerprint density at radius 2 is 2.00 bits per heavy atom. The van der Waals surface area contributed by atoms with Crippen LogP contribution in [0.3, 0.4) is 0 Å². The predicted octanol–water partition coefficient (Wildman–Crippen LogP) is 1.75. The summed E-state index contributed by atoms with van der Waals surface area (Å²) in [5, 5.41) is 12.3. The number of sulfonamides is 1. The summed E-state index contributed by atoms with van der Waals surface area (Å²) in [6, 6.07) is 5.43. The van der Waals surface area contributed by atoms with Gasteiger partial charge in [-0.2, -0.15) is 4.72 Å². The van der Waals surface area contributed by atoms with Crippen molar-refractivity contribution in [3.63, 3.8) is 0 Å². The summed E-state index contributed by atoms with van der Waals surface area (Å²) in [5.41, 5.74) is -1.24. The highest BCUT2D eigenvalue weighted by molar-refractivity contribution is 7.89. The van der Waals surface area contributed by atoms with Gasteiger partial charge in [0.2, 0.25) is 10.0 Å². The van der Waals surface area contributed by atoms with Gasteiger partial charge in [0, 0.05) is 5.56 Å². The second kappa shape index (κ2) is 8.55. The Kier molecular flexibility index (Phi) is 6.63. The Labute approximate surface area is 159 Å². The van der Waals surface area contributed by atoms with Gasteiger partial charge in [0.25, 0.3) is 5.91 Å². The van der Waals surface area contributed by atoms with E-state index < -0.39 is 27.4 Å². The molecule has 1 aliphatic carbocycles. The molecule has 7 nitrogen and oxygen atoms in total. The van der Waals surface area contributed by atoms with Gasteiger partial charge in [-0.3, -0.25) is 4.79 Å². The molecule has 1 saturated carbocycles. The van der Waals surface area contributed by atoms with Crippen LogP contribution in [-0.4, -0.2) is 37.5 Å². The van der Waals surface area contributed by atoms with Gasteiger partial charge in [0.05, 0.1) is 11.4 Å². The summed E-state index contributed by atoms with van der Waals surface area (Å²) in [4.78, 5) is 24.4. The van der Waals surface area contributed by atoms with Crippen molar-refractivity contribution in [1.82, 2.24) is 10.0 Å². The van der Waals surface area contributed by atoms with Crippen LogP contribution in [0.2, 0.25) is 0 Å². The van der Waals surface area contributed by atoms with Crippen LogP contribution in [-0.2, 0) is 14.8 Å². The molecule has 1 aromatic rings. The molecule has 1 aromatic carbocycles. The van der Waals surface area contributed by atoms with Gasteiger partial charge in [0.1, 0.15) is 5.54 Å². The molecule has 0 atom stereocenters. The lowest BCUT2D eigenvalue weighted by Crippen LogP contribution is -2.56. The largest absolute Gasteiger partial charge is 0.480 e. The van der Waals surface area contributed by atoms with Gasteiger partial charge in [0.15, 0.2) is 0 Å². The molecule has 0 radical (unpaired) electrons. The van der Waals surface area contributed by atoms with Crippen molar-refractivity contribution in [2.45, 2.75) is 49.5 Å². The summed E-state index contributed by atoms with van der Waals surface area (Å²) in [7, 11) is -3.84. The van der Waals surface area contributed by atoms with Crippen LogP contribution in [0.15, 0.2) is 29.2 Å². The predicted molar refractivity (Wildman–Crippen MR) is 101 cm³/mol. The molecule has 0 saturated heterocycles. The zero-order chi connectivity index (χ0) is 20.1. The van der Waals surface area contributed by atoms with E-state index in [9.17, 15) is 23.1 Å². The maximum Gasteiger partial charge on any atom is 0.329 e. The highest BCUT2D eigenvalue weighted by atomic mass is 32.2. The number of terminal acetylenes is 1. The third-order valence-corrected chi connectivity index (χ3v) is 6.47. The van der Waals surface area contributed by atoms with Crippen molar-refractivity contribution < 1.29 is 23.1 Å². The zero-order valence-electron chi connectivity index (χ0n) is 15.2. The number of carbonyl (C=O) groups excluding carboxylic acids is 1. The Bertz CT molecular complexity index is 849. The van der Waals surface area contributed by atoms with Crippen LogP contribution in [0.5, 0.6) is 0 Å². The third-order valence-electron chi connectivity index (χ3n) is 5.07. The van der Waals surface area contributed by atoms with Gasteiger partial charge in [-0.05, 0) is 49.8 Å². The highest BCUT2D eigenvalue weighted by Crippen LogP contribution is 2.34. The van der Waals surface area contributed by atoms with Crippen LogP contribution < -0.4 is 10.0 Å². The van der Waals surface area contributed by atoms with E-state index in [1.165, 1.54) is 24.3 Å². The van der Waals surface area contributed by atoms with Crippen LogP contribution in [0.4, 0.5) is 0 Å². The first-order chi connectivity index (χ1) is 12.7. The topological polar surface area (TPSA) is 113 Å². The number of aliphatic carboxylic acids is 1. The second-order valence-electron chi connectivity index (χ2n) is 6.75. The SMILES string of the molecule is C#CCNS(=O)(=O)c1cccc(C(=O)NC2(C(=O)O)CCC(CC)CC2)c1. The molecule has 1 amide bonds. The van der Waals surface area contributed by atoms with Crippen LogP contribution in [0.1, 0.15) is 49.4 Å². The number of carboxylic acids is 1. The lowest BCUT2D eigenvalue weighted by atomic mass is 9.75. The lowest BCUT2D eigenvalue weighted by molar-refractivity contribution is -0.146. The molecule has 27 heavy (non-hydrogen) atoms. The fraction of sp³-hybridized carbons (Fsp3) is 0.474. The zero-order valence-corrected chi connectivity index (χ0v) is 16.0. The van der Waals surface area contributed by atoms with Gasteiger partial charge >= 0.3 is 5.97 Å². The summed E-state index contributed by atoms with van der Waals surface area (Å²) >= 11 is 0. The molecule has 0 unspecified atom stereocenters. The standard InChI is InChI=1S/C19H24N2O5S/c1-3-12-20-27(25,26)16-7-5-6-15(13-16)17(22)21-19(18(23)24)10-8-14(4-2)9-11-19/h1,5-7,13-14,20H,4,8-12H2,2H3,(H,21,22)(H,23,24). The minimum atomic E-state index is -3.84. The minimum absolute atomic E-state index is 0.0804. The summed E-state index contributed by atoms with van der Waals surface area (Å²) in [6.45, 7) is 1.90. The Hall–Kier alpha value is -2.37. The van der Waals surface area contributed by atoms with E-state index >= 15 is 0 Å². The molecule has 3 N–H and O–H groups in total. The van der Waals surface area contributed by atoms with Gasteiger partial charge in [-0.1, -0.05) is 25.3 Å². The fourth-order valence-electron chi connectivity index (χ4n) is 3.28. The van der Waals surface area contributed by atoms with Crippen molar-refractivity contribution in [2.75, 3.05) is 6.54 Å². The van der Waals surface area contributed by atoms with E-state index in [4.69, 9.17) is 6.42 Å². The third kappa shape index (κ3) is 4.87. The van der Waals surface area contributed by atoms with E-state index in [-0.39, 0.29) is 17.0 Å². The highest BCUT2D eigenvalue weighted by Gasteiger charge is 2.43. The number of hydrogen-bond donors (Lipinski definition) is 3. The first-order valence-corrected chi connectivity index (χ1v) is 10.3. The molecule has 8 heteroatoms. The Morgan fingerprint density at radius 1 is 1.33 bits per heavy atom. The van der Waals surface area contributed by atoms with Crippen molar-refractivity contribution in [1.29, 1.82) is 0 Å². The van der Waals surface area contributed by atoms with E-state index in [0.717, 1.165) is 19.3 Å². The fourth-order valence-corrected chi connectivity index (χ4v) is 4.26. The van der Waals surface area contributed by atoms with Crippen LogP contribution in [0, 0.1) is 18.3 Å². The number of benzene rings is 1. The van der Waals surface area contributed by atoms with Crippen molar-refractivity contribution in [3.8, 4) is 12.3 Å². The number of carbonyl (C=O) groups is 2. The van der Waals surface area contributed by atoms with Crippen molar-refractivity contribution >= 4 is 21.9 Å². The lowest BCUT2D eigenvalue weighted by Gasteiger charge is -2.37. The summed E-state index contributed by atoms with van der Waals surface area (Å²) < 4.78 is 26.5. The van der Waals surface area contributed by atoms with Crippen LogP contribution in [0.25, 0.3) is 0 Å². The number of hydrogen-bond acceptors (Lipinski definition) is 4. The van der Waals surface area contributed by atoms with Crippen molar-refractivity contribution in [3.05, 3.63) is 29.8 Å². The van der Waals surface area contributed by atoms with E-state index in [1.807, 2.05) is 0 Å². The molecule has 1 fully saturated rings. The molecular formula is C19H24N2O5S. The normalized spacial score (nSPS) is 22.6. The first-order valence-electron chi connectivity index (χ1n) is 8.83. The Morgan fingerprint density at radius 3 is 2.56 bits per heavy atom. The average molecular weight is 392 g/mol. The van der Waals surface area contributed by atoms with Gasteiger partial charge in [-0.15, -0.1) is 6.42 Å². The second-order valence-corrected chi connectivity index (χ2v) is 8.52. The maximum atomic E-state index is 12.6. The molecule has 0 aliphatic heterocycles. The first kappa shape index (κ1) is 20.9. The van der Waals surface area contributed by atoms with E-state index in [0.29, 0.717) is 18.8 Å². The van der Waals surface area contributed by atoms with Crippen molar-refractivity contribution in [2.24, 2.45) is 5.92 Å². The quantitative estimate of drug-likeness (QED) is 0.612. The maximum absolute atomic E-state index is 12.6. The number of carboxylic acid groups (broad SMARTS) is 1. The Balaban J connectivity index is 2.21. The number of amides is 1. The molecule has 0 aromatic heterocycles. The minimum Gasteiger partial charge on any atom is -0.480 e. The van der Waals surface area contributed by atoms with E-state index in [2.05, 4.69) is 22.9 Å². The molecule has 146 valence electrons. The number of nitrogens with one attached hydrogen (secondary N) is 2. The molecule has 0 spiro atoms. The summed E-state index contributed by atoms with van der Waals surface area (Å²) in [5.74, 6) is 0.964. The molecular weight excluding hydrogens is 368 g/mol. The summed E-state index contributed by atoms with van der Waals surface area (Å²) in [6.07, 6.45) is 8.21. The van der Waals surface area contributed by atoms with E-state index in [1.54, 1.807) is 0 Å². The smallest absolute Gasteiger partial charge is 0.329 e. The average Bonchev–Trinajstić information content (AvgIpc) is 2.67. The number of rotatable bonds is 7. The van der Waals surface area contributed by atoms with Gasteiger partial charge in [-0.25, -0.2) is 13.2 Å². The molecule has 1 aliphatic rings. The molecule has 2 rings (SSSR count). The van der Waals surface area contributed by atoms with Gasteiger partial charge < -0.3 is 10.4 Å². The van der Waals surface area contributed by atoms with Crippen LogP contribution >= 0.6 is 0 Å².